The van der Waals surface area contributed by atoms with E-state index in [2.05, 4.69) is 29.4 Å². The average Bonchev–Trinajstić information content (AvgIpc) is 2.74. The van der Waals surface area contributed by atoms with Gasteiger partial charge in [-0.3, -0.25) is 9.69 Å². The number of unbranched alkanes of at least 4 members (excludes halogenated alkanes) is 12. The third-order valence-corrected chi connectivity index (χ3v) is 5.69. The van der Waals surface area contributed by atoms with Gasteiger partial charge in [0.25, 0.3) is 0 Å². The van der Waals surface area contributed by atoms with Crippen LogP contribution in [0.4, 0.5) is 0 Å². The minimum Gasteiger partial charge on any atom is -0.395 e. The molecule has 5 nitrogen and oxygen atoms in total. The number of hydrogen-bond acceptors (Lipinski definition) is 4. The molecule has 0 aromatic carbocycles. The maximum absolute atomic E-state index is 11.9. The number of rotatable bonds is 24. The Kier molecular flexibility index (Phi) is 24.1. The molecule has 0 aliphatic heterocycles. The number of carbonyl (C=O) groups excluding carboxylic acids is 1. The molecule has 5 heteroatoms. The van der Waals surface area contributed by atoms with Crippen LogP contribution in [0.3, 0.4) is 0 Å². The van der Waals surface area contributed by atoms with Crippen molar-refractivity contribution in [3.63, 3.8) is 0 Å². The highest BCUT2D eigenvalue weighted by molar-refractivity contribution is 5.75. The molecule has 0 aliphatic carbocycles. The Morgan fingerprint density at radius 1 is 0.667 bits per heavy atom. The molecule has 0 aromatic heterocycles. The molecule has 3 N–H and O–H groups in total. The molecule has 0 atom stereocenters. The smallest absolute Gasteiger partial charge is 0.221 e. The highest BCUT2D eigenvalue weighted by Gasteiger charge is 2.03. The van der Waals surface area contributed by atoms with E-state index in [1.807, 2.05) is 0 Å². The van der Waals surface area contributed by atoms with Crippen LogP contribution in [-0.4, -0.2) is 61.8 Å². The third-order valence-electron chi connectivity index (χ3n) is 5.69. The fourth-order valence-corrected chi connectivity index (χ4v) is 3.82. The maximum Gasteiger partial charge on any atom is 0.221 e. The fraction of sp³-hybridized carbons (Fsp3) is 0.960. The van der Waals surface area contributed by atoms with Gasteiger partial charge in [0, 0.05) is 39.1 Å². The van der Waals surface area contributed by atoms with Crippen molar-refractivity contribution >= 4 is 5.91 Å². The van der Waals surface area contributed by atoms with Crippen LogP contribution in [0, 0.1) is 0 Å². The first-order valence-electron chi connectivity index (χ1n) is 13.0. The number of nitrogens with one attached hydrogen (secondary N) is 2. The highest BCUT2D eigenvalue weighted by atomic mass is 16.3. The van der Waals surface area contributed by atoms with E-state index in [9.17, 15) is 4.79 Å². The van der Waals surface area contributed by atoms with Crippen LogP contribution in [0.1, 0.15) is 110 Å². The Hall–Kier alpha value is -0.650. The van der Waals surface area contributed by atoms with Gasteiger partial charge in [-0.05, 0) is 19.4 Å². The first-order chi connectivity index (χ1) is 14.7. The summed E-state index contributed by atoms with van der Waals surface area (Å²) in [4.78, 5) is 14.1. The normalized spacial score (nSPS) is 11.3. The number of amides is 1. The quantitative estimate of drug-likeness (QED) is 0.192. The van der Waals surface area contributed by atoms with Crippen molar-refractivity contribution in [2.24, 2.45) is 0 Å². The Bertz CT molecular complexity index is 347. The van der Waals surface area contributed by atoms with E-state index in [0.717, 1.165) is 52.1 Å². The number of hydrogen-bond donors (Lipinski definition) is 3. The summed E-state index contributed by atoms with van der Waals surface area (Å²) >= 11 is 0. The maximum atomic E-state index is 11.9. The molecule has 0 heterocycles. The molecule has 0 saturated carbocycles. The van der Waals surface area contributed by atoms with Crippen molar-refractivity contribution in [2.45, 2.75) is 110 Å². The summed E-state index contributed by atoms with van der Waals surface area (Å²) in [5.41, 5.74) is 0. The highest BCUT2D eigenvalue weighted by Crippen LogP contribution is 2.12. The van der Waals surface area contributed by atoms with E-state index in [0.29, 0.717) is 6.42 Å². The molecule has 0 aromatic rings. The fourth-order valence-electron chi connectivity index (χ4n) is 3.82. The van der Waals surface area contributed by atoms with E-state index in [4.69, 9.17) is 5.11 Å². The van der Waals surface area contributed by atoms with E-state index in [1.165, 1.54) is 77.0 Å². The van der Waals surface area contributed by atoms with Gasteiger partial charge >= 0.3 is 0 Å². The summed E-state index contributed by atoms with van der Waals surface area (Å²) in [6.45, 7) is 9.72. The predicted molar refractivity (Wildman–Crippen MR) is 130 cm³/mol. The molecule has 30 heavy (non-hydrogen) atoms. The van der Waals surface area contributed by atoms with Gasteiger partial charge in [0.2, 0.25) is 5.91 Å². The van der Waals surface area contributed by atoms with E-state index in [-0.39, 0.29) is 12.5 Å². The molecule has 0 radical (unpaired) electrons. The molecule has 0 aliphatic rings. The molecule has 0 rings (SSSR count). The van der Waals surface area contributed by atoms with Gasteiger partial charge in [-0.15, -0.1) is 0 Å². The van der Waals surface area contributed by atoms with Gasteiger partial charge in [-0.25, -0.2) is 0 Å². The van der Waals surface area contributed by atoms with Crippen molar-refractivity contribution in [2.75, 3.05) is 45.9 Å². The van der Waals surface area contributed by atoms with E-state index in [1.54, 1.807) is 0 Å². The van der Waals surface area contributed by atoms with Crippen molar-refractivity contribution in [3.8, 4) is 0 Å². The minimum absolute atomic E-state index is 0.155. The summed E-state index contributed by atoms with van der Waals surface area (Å²) in [7, 11) is 0. The molecular formula is C25H53N3O2. The lowest BCUT2D eigenvalue weighted by Crippen LogP contribution is -2.36. The number of aliphatic hydroxyl groups is 1. The zero-order chi connectivity index (χ0) is 22.1. The second-order valence-corrected chi connectivity index (χ2v) is 8.66. The Morgan fingerprint density at radius 3 is 1.77 bits per heavy atom. The largest absolute Gasteiger partial charge is 0.395 e. The lowest BCUT2D eigenvalue weighted by atomic mass is 10.0. The Morgan fingerprint density at radius 2 is 1.23 bits per heavy atom. The van der Waals surface area contributed by atoms with Crippen LogP contribution >= 0.6 is 0 Å². The SMILES string of the molecule is CCCCCCCCCCCCCCCNC(=O)CCNCCN(CCC)CCO. The zero-order valence-corrected chi connectivity index (χ0v) is 20.4. The Balaban J connectivity index is 3.28. The molecule has 0 bridgehead atoms. The molecule has 0 unspecified atom stereocenters. The minimum atomic E-state index is 0.155. The van der Waals surface area contributed by atoms with Crippen LogP contribution in [-0.2, 0) is 4.79 Å². The van der Waals surface area contributed by atoms with Crippen LogP contribution in [0.5, 0.6) is 0 Å². The number of carbonyl (C=O) groups is 1. The first-order valence-corrected chi connectivity index (χ1v) is 13.0. The topological polar surface area (TPSA) is 64.6 Å². The Labute approximate surface area is 187 Å². The van der Waals surface area contributed by atoms with Gasteiger partial charge in [0.1, 0.15) is 0 Å². The molecule has 0 fully saturated rings. The van der Waals surface area contributed by atoms with Gasteiger partial charge in [0.05, 0.1) is 6.61 Å². The number of aliphatic hydroxyl groups excluding tert-OH is 1. The zero-order valence-electron chi connectivity index (χ0n) is 20.4. The van der Waals surface area contributed by atoms with Crippen LogP contribution in [0.25, 0.3) is 0 Å². The third kappa shape index (κ3) is 22.0. The molecular weight excluding hydrogens is 374 g/mol. The molecule has 1 amide bonds. The lowest BCUT2D eigenvalue weighted by molar-refractivity contribution is -0.121. The number of nitrogens with zero attached hydrogens (tertiary/aromatic N) is 1. The lowest BCUT2D eigenvalue weighted by Gasteiger charge is -2.20. The second-order valence-electron chi connectivity index (χ2n) is 8.66. The first kappa shape index (κ1) is 29.4. The molecule has 0 spiro atoms. The predicted octanol–water partition coefficient (Wildman–Crippen LogP) is 4.88. The monoisotopic (exact) mass is 427 g/mol. The van der Waals surface area contributed by atoms with Gasteiger partial charge in [-0.2, -0.15) is 0 Å². The molecule has 0 saturated heterocycles. The second kappa shape index (κ2) is 24.6. The van der Waals surface area contributed by atoms with Crippen LogP contribution in [0.15, 0.2) is 0 Å². The van der Waals surface area contributed by atoms with Crippen LogP contribution < -0.4 is 10.6 Å². The van der Waals surface area contributed by atoms with Crippen LogP contribution in [0.2, 0.25) is 0 Å². The summed E-state index contributed by atoms with van der Waals surface area (Å²) in [5, 5.41) is 15.4. The summed E-state index contributed by atoms with van der Waals surface area (Å²) < 4.78 is 0. The summed E-state index contributed by atoms with van der Waals surface area (Å²) in [6.07, 6.45) is 19.3. The van der Waals surface area contributed by atoms with Gasteiger partial charge in [-0.1, -0.05) is 90.9 Å². The van der Waals surface area contributed by atoms with E-state index >= 15 is 0 Å². The van der Waals surface area contributed by atoms with Crippen molar-refractivity contribution in [1.82, 2.24) is 15.5 Å². The molecule has 180 valence electrons. The standard InChI is InChI=1S/C25H53N3O2/c1-3-5-6-7-8-9-10-11-12-13-14-15-16-18-27-25(30)17-19-26-20-22-28(21-4-2)23-24-29/h26,29H,3-24H2,1-2H3,(H,27,30). The summed E-state index contributed by atoms with van der Waals surface area (Å²) in [6, 6.07) is 0. The van der Waals surface area contributed by atoms with E-state index < -0.39 is 0 Å². The van der Waals surface area contributed by atoms with Crippen molar-refractivity contribution < 1.29 is 9.90 Å². The average molecular weight is 428 g/mol. The summed E-state index contributed by atoms with van der Waals surface area (Å²) in [5.74, 6) is 0.155. The van der Waals surface area contributed by atoms with Gasteiger partial charge in [0.15, 0.2) is 0 Å². The van der Waals surface area contributed by atoms with Gasteiger partial charge < -0.3 is 15.7 Å². The van der Waals surface area contributed by atoms with Crippen molar-refractivity contribution in [1.29, 1.82) is 0 Å². The van der Waals surface area contributed by atoms with Crippen molar-refractivity contribution in [3.05, 3.63) is 0 Å².